The largest absolute Gasteiger partial charge is 0.343 e. The van der Waals surface area contributed by atoms with Crippen molar-refractivity contribution < 1.29 is 18.7 Å². The molecular weight excluding hydrogens is 347 g/mol. The number of nitrogens with two attached hydrogens (primary N) is 1. The number of fused-ring (bicyclic) bond motifs is 1. The van der Waals surface area contributed by atoms with Crippen molar-refractivity contribution in [3.8, 4) is 0 Å². The van der Waals surface area contributed by atoms with E-state index in [1.807, 2.05) is 18.2 Å². The van der Waals surface area contributed by atoms with Crippen LogP contribution in [0, 0.1) is 5.82 Å². The number of rotatable bonds is 4. The molecular formula is C21H21FN2O3. The summed E-state index contributed by atoms with van der Waals surface area (Å²) in [7, 11) is 1.71. The van der Waals surface area contributed by atoms with Crippen LogP contribution in [-0.2, 0) is 20.1 Å². The summed E-state index contributed by atoms with van der Waals surface area (Å²) in [4.78, 5) is 14.3. The lowest BCUT2D eigenvalue weighted by Gasteiger charge is -2.28. The Kier molecular flexibility index (Phi) is 4.55. The smallest absolute Gasteiger partial charge is 0.258 e. The van der Waals surface area contributed by atoms with E-state index < -0.39 is 5.79 Å². The normalized spacial score (nSPS) is 19.7. The average molecular weight is 368 g/mol. The van der Waals surface area contributed by atoms with Crippen molar-refractivity contribution in [2.75, 3.05) is 31.7 Å². The quantitative estimate of drug-likeness (QED) is 0.843. The highest BCUT2D eigenvalue weighted by atomic mass is 19.1. The lowest BCUT2D eigenvalue weighted by Crippen LogP contribution is -2.30. The molecule has 140 valence electrons. The van der Waals surface area contributed by atoms with Gasteiger partial charge in [-0.3, -0.25) is 4.79 Å². The Labute approximate surface area is 157 Å². The highest BCUT2D eigenvalue weighted by molar-refractivity contribution is 6.35. The molecule has 2 aromatic rings. The molecule has 1 amide bonds. The minimum absolute atomic E-state index is 0.175. The van der Waals surface area contributed by atoms with Gasteiger partial charge in [-0.2, -0.15) is 0 Å². The second kappa shape index (κ2) is 6.88. The van der Waals surface area contributed by atoms with E-state index in [1.54, 1.807) is 36.2 Å². The summed E-state index contributed by atoms with van der Waals surface area (Å²) in [6.07, 6.45) is 2.11. The van der Waals surface area contributed by atoms with Crippen molar-refractivity contribution in [2.45, 2.75) is 12.2 Å². The summed E-state index contributed by atoms with van der Waals surface area (Å²) < 4.78 is 25.9. The molecule has 2 aliphatic heterocycles. The van der Waals surface area contributed by atoms with E-state index in [1.165, 1.54) is 6.07 Å². The molecule has 0 bridgehead atoms. The van der Waals surface area contributed by atoms with E-state index in [-0.39, 0.29) is 11.7 Å². The number of amides is 1. The number of nitrogens with zero attached hydrogens (tertiary/aromatic N) is 1. The van der Waals surface area contributed by atoms with Crippen LogP contribution in [0.15, 0.2) is 42.5 Å². The second-order valence-electron chi connectivity index (χ2n) is 6.66. The molecule has 2 aromatic carbocycles. The van der Waals surface area contributed by atoms with Crippen LogP contribution >= 0.6 is 0 Å². The maximum atomic E-state index is 14.1. The average Bonchev–Trinajstić information content (AvgIpc) is 3.24. The SMILES string of the molecule is CN1C(=O)/C(=C\c2ccccc2F)c2cc(C3(CCN)OCCO3)ccc21. The number of halogens is 1. The standard InChI is InChI=1S/C21H21FN2O3/c1-24-19-7-6-15(21(8-9-23)26-10-11-27-21)13-16(19)17(20(24)25)12-14-4-2-3-5-18(14)22/h2-7,12-13H,8-11,23H2,1H3/b17-12-. The van der Waals surface area contributed by atoms with Crippen LogP contribution in [0.4, 0.5) is 10.1 Å². The van der Waals surface area contributed by atoms with Crippen LogP contribution in [0.25, 0.3) is 11.6 Å². The molecule has 0 saturated carbocycles. The van der Waals surface area contributed by atoms with Crippen molar-refractivity contribution >= 4 is 23.2 Å². The highest BCUT2D eigenvalue weighted by Crippen LogP contribution is 2.42. The van der Waals surface area contributed by atoms with Gasteiger partial charge in [-0.25, -0.2) is 4.39 Å². The maximum Gasteiger partial charge on any atom is 0.258 e. The summed E-state index contributed by atoms with van der Waals surface area (Å²) in [5, 5.41) is 0. The fourth-order valence-corrected chi connectivity index (χ4v) is 3.67. The van der Waals surface area contributed by atoms with E-state index in [0.29, 0.717) is 37.3 Å². The first kappa shape index (κ1) is 17.9. The molecule has 2 N–H and O–H groups in total. The third kappa shape index (κ3) is 2.96. The van der Waals surface area contributed by atoms with Gasteiger partial charge in [0, 0.05) is 35.7 Å². The van der Waals surface area contributed by atoms with E-state index in [2.05, 4.69) is 0 Å². The van der Waals surface area contributed by atoms with Crippen LogP contribution < -0.4 is 10.6 Å². The molecule has 0 radical (unpaired) electrons. The van der Waals surface area contributed by atoms with E-state index in [9.17, 15) is 9.18 Å². The summed E-state index contributed by atoms with van der Waals surface area (Å²) in [6.45, 7) is 1.40. The van der Waals surface area contributed by atoms with Gasteiger partial charge in [0.15, 0.2) is 5.79 Å². The predicted octanol–water partition coefficient (Wildman–Crippen LogP) is 2.89. The van der Waals surface area contributed by atoms with Gasteiger partial charge in [-0.05, 0) is 30.8 Å². The van der Waals surface area contributed by atoms with Crippen molar-refractivity contribution in [1.82, 2.24) is 0 Å². The molecule has 0 aliphatic carbocycles. The van der Waals surface area contributed by atoms with Gasteiger partial charge in [0.25, 0.3) is 5.91 Å². The topological polar surface area (TPSA) is 64.8 Å². The molecule has 1 saturated heterocycles. The fraction of sp³-hybridized carbons (Fsp3) is 0.286. The summed E-state index contributed by atoms with van der Waals surface area (Å²) in [5.41, 5.74) is 8.89. The van der Waals surface area contributed by atoms with Gasteiger partial charge in [-0.15, -0.1) is 0 Å². The van der Waals surface area contributed by atoms with Crippen molar-refractivity contribution in [3.05, 3.63) is 65.0 Å². The number of likely N-dealkylation sites (N-methyl/N-ethyl adjacent to an activating group) is 1. The molecule has 0 spiro atoms. The first-order valence-electron chi connectivity index (χ1n) is 8.93. The number of ether oxygens (including phenoxy) is 2. The number of hydrogen-bond acceptors (Lipinski definition) is 4. The predicted molar refractivity (Wildman–Crippen MR) is 101 cm³/mol. The third-order valence-electron chi connectivity index (χ3n) is 5.06. The van der Waals surface area contributed by atoms with Gasteiger partial charge in [0.2, 0.25) is 0 Å². The van der Waals surface area contributed by atoms with Gasteiger partial charge < -0.3 is 20.1 Å². The Morgan fingerprint density at radius 2 is 1.96 bits per heavy atom. The Balaban J connectivity index is 1.83. The van der Waals surface area contributed by atoms with Crippen LogP contribution in [-0.4, -0.2) is 32.7 Å². The van der Waals surface area contributed by atoms with Crippen molar-refractivity contribution in [1.29, 1.82) is 0 Å². The fourth-order valence-electron chi connectivity index (χ4n) is 3.67. The monoisotopic (exact) mass is 368 g/mol. The molecule has 2 aliphatic rings. The Morgan fingerprint density at radius 3 is 2.67 bits per heavy atom. The number of carbonyl (C=O) groups is 1. The molecule has 5 nitrogen and oxygen atoms in total. The number of anilines is 1. The Bertz CT molecular complexity index is 919. The van der Waals surface area contributed by atoms with Crippen LogP contribution in [0.1, 0.15) is 23.1 Å². The Morgan fingerprint density at radius 1 is 1.22 bits per heavy atom. The third-order valence-corrected chi connectivity index (χ3v) is 5.06. The molecule has 1 fully saturated rings. The lowest BCUT2D eigenvalue weighted by molar-refractivity contribution is -0.168. The maximum absolute atomic E-state index is 14.1. The molecule has 6 heteroatoms. The van der Waals surface area contributed by atoms with Crippen LogP contribution in [0.5, 0.6) is 0 Å². The Hall–Kier alpha value is -2.54. The molecule has 0 unspecified atom stereocenters. The summed E-state index contributed by atoms with van der Waals surface area (Å²) in [5.74, 6) is -1.43. The van der Waals surface area contributed by atoms with Crippen LogP contribution in [0.2, 0.25) is 0 Å². The molecule has 0 atom stereocenters. The minimum atomic E-state index is -0.892. The second-order valence-corrected chi connectivity index (χ2v) is 6.66. The lowest BCUT2D eigenvalue weighted by atomic mass is 9.96. The van der Waals surface area contributed by atoms with Gasteiger partial charge >= 0.3 is 0 Å². The zero-order valence-corrected chi connectivity index (χ0v) is 15.1. The van der Waals surface area contributed by atoms with Gasteiger partial charge in [-0.1, -0.05) is 24.3 Å². The van der Waals surface area contributed by atoms with E-state index >= 15 is 0 Å². The van der Waals surface area contributed by atoms with E-state index in [4.69, 9.17) is 15.2 Å². The molecule has 27 heavy (non-hydrogen) atoms. The number of hydrogen-bond donors (Lipinski definition) is 1. The van der Waals surface area contributed by atoms with Crippen molar-refractivity contribution in [3.63, 3.8) is 0 Å². The van der Waals surface area contributed by atoms with Crippen LogP contribution in [0.3, 0.4) is 0 Å². The van der Waals surface area contributed by atoms with Crippen molar-refractivity contribution in [2.24, 2.45) is 5.73 Å². The van der Waals surface area contributed by atoms with Gasteiger partial charge in [0.05, 0.1) is 18.9 Å². The summed E-state index contributed by atoms with van der Waals surface area (Å²) in [6, 6.07) is 12.1. The first-order chi connectivity index (χ1) is 13.1. The summed E-state index contributed by atoms with van der Waals surface area (Å²) >= 11 is 0. The number of carbonyl (C=O) groups excluding carboxylic acids is 1. The first-order valence-corrected chi connectivity index (χ1v) is 8.93. The van der Waals surface area contributed by atoms with Gasteiger partial charge in [0.1, 0.15) is 5.82 Å². The minimum Gasteiger partial charge on any atom is -0.343 e. The molecule has 0 aromatic heterocycles. The molecule has 2 heterocycles. The van der Waals surface area contributed by atoms with E-state index in [0.717, 1.165) is 16.8 Å². The number of benzene rings is 2. The molecule has 4 rings (SSSR count). The zero-order valence-electron chi connectivity index (χ0n) is 15.1. The highest BCUT2D eigenvalue weighted by Gasteiger charge is 2.40. The zero-order chi connectivity index (χ0) is 19.0.